The van der Waals surface area contributed by atoms with E-state index in [-0.39, 0.29) is 6.04 Å². The van der Waals surface area contributed by atoms with E-state index in [1.54, 1.807) is 14.2 Å². The van der Waals surface area contributed by atoms with E-state index < -0.39 is 0 Å². The van der Waals surface area contributed by atoms with Gasteiger partial charge in [0.15, 0.2) is 11.5 Å². The van der Waals surface area contributed by atoms with Crippen molar-refractivity contribution < 1.29 is 9.47 Å². The largest absolute Gasteiger partial charge is 0.493 e. The van der Waals surface area contributed by atoms with Crippen molar-refractivity contribution in [2.75, 3.05) is 20.8 Å². The normalized spacial score (nSPS) is 12.2. The number of nitrogens with one attached hydrogen (secondary N) is 1. The summed E-state index contributed by atoms with van der Waals surface area (Å²) in [7, 11) is 3.30. The fraction of sp³-hybridized carbons (Fsp3) is 0.438. The van der Waals surface area contributed by atoms with Crippen molar-refractivity contribution in [3.05, 3.63) is 41.7 Å². The van der Waals surface area contributed by atoms with Crippen LogP contribution in [0, 0.1) is 6.92 Å². The number of nitrogens with zero attached hydrogens (tertiary/aromatic N) is 2. The number of aryl methyl sites for hydroxylation is 1. The summed E-state index contributed by atoms with van der Waals surface area (Å²) in [4.78, 5) is 0. The molecule has 0 aliphatic rings. The second-order valence-corrected chi connectivity index (χ2v) is 4.88. The third-order valence-electron chi connectivity index (χ3n) is 3.54. The highest BCUT2D eigenvalue weighted by atomic mass is 16.5. The van der Waals surface area contributed by atoms with Gasteiger partial charge in [-0.15, -0.1) is 0 Å². The SMILES string of the molecule is CCNC(Cn1nccc1C)c1ccc(OC)c(OC)c1. The van der Waals surface area contributed by atoms with E-state index >= 15 is 0 Å². The minimum atomic E-state index is 0.174. The van der Waals surface area contributed by atoms with Gasteiger partial charge in [0.25, 0.3) is 0 Å². The van der Waals surface area contributed by atoms with Crippen LogP contribution in [0.1, 0.15) is 24.2 Å². The summed E-state index contributed by atoms with van der Waals surface area (Å²) in [6.45, 7) is 5.83. The van der Waals surface area contributed by atoms with E-state index in [1.807, 2.05) is 29.1 Å². The zero-order valence-electron chi connectivity index (χ0n) is 13.1. The highest BCUT2D eigenvalue weighted by molar-refractivity contribution is 5.43. The molecule has 0 radical (unpaired) electrons. The fourth-order valence-electron chi connectivity index (χ4n) is 2.37. The van der Waals surface area contributed by atoms with Crippen molar-refractivity contribution in [2.24, 2.45) is 0 Å². The van der Waals surface area contributed by atoms with Crippen LogP contribution in [-0.4, -0.2) is 30.5 Å². The third-order valence-corrected chi connectivity index (χ3v) is 3.54. The molecule has 0 amide bonds. The van der Waals surface area contributed by atoms with Crippen LogP contribution in [0.2, 0.25) is 0 Å². The standard InChI is InChI=1S/C16H23N3O2/c1-5-17-14(11-19-12(2)8-9-18-19)13-6-7-15(20-3)16(10-13)21-4/h6-10,14,17H,5,11H2,1-4H3. The minimum absolute atomic E-state index is 0.174. The Morgan fingerprint density at radius 1 is 1.19 bits per heavy atom. The van der Waals surface area contributed by atoms with E-state index in [2.05, 4.69) is 30.3 Å². The van der Waals surface area contributed by atoms with Crippen molar-refractivity contribution in [3.8, 4) is 11.5 Å². The minimum Gasteiger partial charge on any atom is -0.493 e. The summed E-state index contributed by atoms with van der Waals surface area (Å²) in [6.07, 6.45) is 1.83. The molecule has 21 heavy (non-hydrogen) atoms. The lowest BCUT2D eigenvalue weighted by molar-refractivity contribution is 0.353. The number of rotatable bonds is 7. The molecule has 1 aromatic carbocycles. The zero-order valence-corrected chi connectivity index (χ0v) is 13.1. The van der Waals surface area contributed by atoms with Gasteiger partial charge in [-0.3, -0.25) is 4.68 Å². The number of hydrogen-bond acceptors (Lipinski definition) is 4. The first-order valence-corrected chi connectivity index (χ1v) is 7.13. The number of ether oxygens (including phenoxy) is 2. The number of likely N-dealkylation sites (N-methyl/N-ethyl adjacent to an activating group) is 1. The van der Waals surface area contributed by atoms with Crippen LogP contribution in [-0.2, 0) is 6.54 Å². The van der Waals surface area contributed by atoms with Crippen molar-refractivity contribution in [1.82, 2.24) is 15.1 Å². The van der Waals surface area contributed by atoms with Gasteiger partial charge in [-0.2, -0.15) is 5.10 Å². The first-order chi connectivity index (χ1) is 10.2. The number of hydrogen-bond donors (Lipinski definition) is 1. The fourth-order valence-corrected chi connectivity index (χ4v) is 2.37. The third kappa shape index (κ3) is 3.55. The molecule has 2 rings (SSSR count). The van der Waals surface area contributed by atoms with Crippen molar-refractivity contribution in [1.29, 1.82) is 0 Å². The molecule has 0 aliphatic heterocycles. The zero-order chi connectivity index (χ0) is 15.2. The van der Waals surface area contributed by atoms with Gasteiger partial charge in [0.2, 0.25) is 0 Å². The Balaban J connectivity index is 2.27. The van der Waals surface area contributed by atoms with Crippen LogP contribution in [0.25, 0.3) is 0 Å². The van der Waals surface area contributed by atoms with E-state index in [4.69, 9.17) is 9.47 Å². The summed E-state index contributed by atoms with van der Waals surface area (Å²) in [5.74, 6) is 1.49. The van der Waals surface area contributed by atoms with Gasteiger partial charge in [0.1, 0.15) is 0 Å². The molecule has 1 atom stereocenters. The monoisotopic (exact) mass is 289 g/mol. The van der Waals surface area contributed by atoms with E-state index in [0.29, 0.717) is 0 Å². The Bertz CT molecular complexity index is 581. The molecule has 5 heteroatoms. The molecule has 5 nitrogen and oxygen atoms in total. The maximum Gasteiger partial charge on any atom is 0.161 e. The molecule has 0 spiro atoms. The Morgan fingerprint density at radius 2 is 1.95 bits per heavy atom. The first-order valence-electron chi connectivity index (χ1n) is 7.13. The van der Waals surface area contributed by atoms with Crippen LogP contribution >= 0.6 is 0 Å². The molecule has 114 valence electrons. The van der Waals surface area contributed by atoms with E-state index in [0.717, 1.165) is 35.8 Å². The molecular formula is C16H23N3O2. The molecule has 0 aliphatic carbocycles. The second kappa shape index (κ2) is 7.13. The van der Waals surface area contributed by atoms with E-state index in [1.165, 1.54) is 0 Å². The van der Waals surface area contributed by atoms with Gasteiger partial charge < -0.3 is 14.8 Å². The summed E-state index contributed by atoms with van der Waals surface area (Å²) in [5.41, 5.74) is 2.31. The highest BCUT2D eigenvalue weighted by Crippen LogP contribution is 2.30. The average molecular weight is 289 g/mol. The van der Waals surface area contributed by atoms with Crippen LogP contribution in [0.3, 0.4) is 0 Å². The molecule has 1 N–H and O–H groups in total. The smallest absolute Gasteiger partial charge is 0.161 e. The van der Waals surface area contributed by atoms with Crippen LogP contribution < -0.4 is 14.8 Å². The Kier molecular flexibility index (Phi) is 5.22. The predicted octanol–water partition coefficient (Wildman–Crippen LogP) is 2.56. The maximum absolute atomic E-state index is 5.39. The predicted molar refractivity (Wildman–Crippen MR) is 82.9 cm³/mol. The Hall–Kier alpha value is -2.01. The van der Waals surface area contributed by atoms with Crippen LogP contribution in [0.4, 0.5) is 0 Å². The molecule has 2 aromatic rings. The highest BCUT2D eigenvalue weighted by Gasteiger charge is 2.15. The lowest BCUT2D eigenvalue weighted by atomic mass is 10.1. The van der Waals surface area contributed by atoms with Gasteiger partial charge >= 0.3 is 0 Å². The number of methoxy groups -OCH3 is 2. The second-order valence-electron chi connectivity index (χ2n) is 4.88. The van der Waals surface area contributed by atoms with Gasteiger partial charge in [-0.1, -0.05) is 13.0 Å². The van der Waals surface area contributed by atoms with Gasteiger partial charge in [0, 0.05) is 11.9 Å². The van der Waals surface area contributed by atoms with Crippen molar-refractivity contribution in [3.63, 3.8) is 0 Å². The number of aromatic nitrogens is 2. The maximum atomic E-state index is 5.39. The molecule has 1 aromatic heterocycles. The lowest BCUT2D eigenvalue weighted by Gasteiger charge is -2.20. The first kappa shape index (κ1) is 15.4. The lowest BCUT2D eigenvalue weighted by Crippen LogP contribution is -2.26. The van der Waals surface area contributed by atoms with Crippen LogP contribution in [0.5, 0.6) is 11.5 Å². The molecule has 0 saturated carbocycles. The summed E-state index contributed by atoms with van der Waals surface area (Å²) < 4.78 is 12.7. The topological polar surface area (TPSA) is 48.3 Å². The van der Waals surface area contributed by atoms with Crippen molar-refractivity contribution in [2.45, 2.75) is 26.4 Å². The summed E-state index contributed by atoms with van der Waals surface area (Å²) in [6, 6.07) is 8.21. The molecule has 1 heterocycles. The molecule has 0 saturated heterocycles. The van der Waals surface area contributed by atoms with Gasteiger partial charge in [-0.25, -0.2) is 0 Å². The Labute approximate surface area is 125 Å². The Morgan fingerprint density at radius 3 is 2.52 bits per heavy atom. The quantitative estimate of drug-likeness (QED) is 0.851. The van der Waals surface area contributed by atoms with E-state index in [9.17, 15) is 0 Å². The van der Waals surface area contributed by atoms with Gasteiger partial charge in [-0.05, 0) is 37.2 Å². The average Bonchev–Trinajstić information content (AvgIpc) is 2.91. The molecule has 0 fully saturated rings. The molecule has 0 bridgehead atoms. The molecule has 1 unspecified atom stereocenters. The summed E-state index contributed by atoms with van der Waals surface area (Å²) in [5, 5.41) is 7.86. The summed E-state index contributed by atoms with van der Waals surface area (Å²) >= 11 is 0. The van der Waals surface area contributed by atoms with Gasteiger partial charge in [0.05, 0.1) is 26.8 Å². The molecular weight excluding hydrogens is 266 g/mol. The van der Waals surface area contributed by atoms with Crippen LogP contribution in [0.15, 0.2) is 30.5 Å². The number of benzene rings is 1. The van der Waals surface area contributed by atoms with Crippen molar-refractivity contribution >= 4 is 0 Å².